The summed E-state index contributed by atoms with van der Waals surface area (Å²) in [5.41, 5.74) is 3.13. The maximum atomic E-state index is 10.4. The summed E-state index contributed by atoms with van der Waals surface area (Å²) in [6.45, 7) is 4.08. The lowest BCUT2D eigenvalue weighted by molar-refractivity contribution is 0.411. The van der Waals surface area contributed by atoms with Crippen LogP contribution in [0, 0.1) is 13.8 Å². The average Bonchev–Trinajstić information content (AvgIpc) is 3.03. The van der Waals surface area contributed by atoms with Gasteiger partial charge in [0.05, 0.1) is 12.6 Å². The van der Waals surface area contributed by atoms with Crippen LogP contribution in [0.25, 0.3) is 0 Å². The van der Waals surface area contributed by atoms with Gasteiger partial charge in [-0.1, -0.05) is 6.07 Å². The van der Waals surface area contributed by atoms with E-state index in [0.29, 0.717) is 0 Å². The summed E-state index contributed by atoms with van der Waals surface area (Å²) in [5.74, 6) is 0.882. The molecule has 1 aliphatic rings. The van der Waals surface area contributed by atoms with E-state index in [4.69, 9.17) is 4.74 Å². The van der Waals surface area contributed by atoms with Gasteiger partial charge in [0.15, 0.2) is 0 Å². The molecule has 0 amide bonds. The number of aliphatic imine (C=N–C) groups is 1. The molecule has 0 spiro atoms. The monoisotopic (exact) mass is 217 g/mol. The first kappa shape index (κ1) is 10.9. The lowest BCUT2D eigenvalue weighted by Crippen LogP contribution is -2.06. The van der Waals surface area contributed by atoms with Crippen molar-refractivity contribution in [2.45, 2.75) is 32.2 Å². The number of rotatable bonds is 3. The zero-order valence-corrected chi connectivity index (χ0v) is 9.83. The van der Waals surface area contributed by atoms with Gasteiger partial charge in [-0.25, -0.2) is 4.79 Å². The molecule has 0 heterocycles. The maximum Gasteiger partial charge on any atom is 0.235 e. The van der Waals surface area contributed by atoms with Crippen LogP contribution in [0.4, 0.5) is 0 Å². The molecule has 1 fully saturated rings. The lowest BCUT2D eigenvalue weighted by Gasteiger charge is -2.16. The summed E-state index contributed by atoms with van der Waals surface area (Å²) in [6, 6.07) is 3.95. The molecule has 0 aliphatic heterocycles. The summed E-state index contributed by atoms with van der Waals surface area (Å²) in [5, 5.41) is 0. The van der Waals surface area contributed by atoms with Crippen molar-refractivity contribution in [3.05, 3.63) is 28.8 Å². The number of ether oxygens (including phenoxy) is 1. The standard InChI is InChI=1S/C13H15NO2/c1-9-10(2)12(16-3)5-4-11(9)13(6-7-13)14-8-15/h4-5H,6-7H2,1-3H3. The van der Waals surface area contributed by atoms with Gasteiger partial charge in [0.1, 0.15) is 5.75 Å². The van der Waals surface area contributed by atoms with Crippen LogP contribution >= 0.6 is 0 Å². The van der Waals surface area contributed by atoms with E-state index in [9.17, 15) is 4.79 Å². The van der Waals surface area contributed by atoms with Gasteiger partial charge in [0.2, 0.25) is 6.08 Å². The third kappa shape index (κ3) is 1.54. The molecule has 1 aliphatic carbocycles. The first-order chi connectivity index (χ1) is 7.64. The van der Waals surface area contributed by atoms with Crippen molar-refractivity contribution in [2.24, 2.45) is 4.99 Å². The molecular weight excluding hydrogens is 202 g/mol. The second kappa shape index (κ2) is 3.76. The van der Waals surface area contributed by atoms with Gasteiger partial charge in [-0.15, -0.1) is 0 Å². The first-order valence-electron chi connectivity index (χ1n) is 5.38. The highest BCUT2D eigenvalue weighted by atomic mass is 16.5. The van der Waals surface area contributed by atoms with E-state index in [-0.39, 0.29) is 5.54 Å². The molecule has 3 heteroatoms. The first-order valence-corrected chi connectivity index (χ1v) is 5.38. The van der Waals surface area contributed by atoms with Crippen molar-refractivity contribution in [3.63, 3.8) is 0 Å². The third-order valence-electron chi connectivity index (χ3n) is 3.44. The van der Waals surface area contributed by atoms with Gasteiger partial charge in [0.25, 0.3) is 0 Å². The minimum atomic E-state index is -0.289. The number of benzene rings is 1. The Bertz CT molecular complexity index is 469. The molecule has 1 saturated carbocycles. The number of isocyanates is 1. The summed E-state index contributed by atoms with van der Waals surface area (Å²) in [6.07, 6.45) is 3.57. The van der Waals surface area contributed by atoms with Crippen LogP contribution in [0.3, 0.4) is 0 Å². The third-order valence-corrected chi connectivity index (χ3v) is 3.44. The Morgan fingerprint density at radius 3 is 2.50 bits per heavy atom. The molecule has 0 atom stereocenters. The summed E-state index contributed by atoms with van der Waals surface area (Å²) in [7, 11) is 1.66. The second-order valence-electron chi connectivity index (χ2n) is 4.30. The molecule has 0 aromatic heterocycles. The van der Waals surface area contributed by atoms with Gasteiger partial charge in [-0.2, -0.15) is 4.99 Å². The van der Waals surface area contributed by atoms with Gasteiger partial charge >= 0.3 is 0 Å². The fourth-order valence-corrected chi connectivity index (χ4v) is 2.17. The van der Waals surface area contributed by atoms with Gasteiger partial charge in [0, 0.05) is 0 Å². The average molecular weight is 217 g/mol. The highest BCUT2D eigenvalue weighted by Gasteiger charge is 2.46. The minimum absolute atomic E-state index is 0.289. The highest BCUT2D eigenvalue weighted by Crippen LogP contribution is 2.51. The molecule has 0 bridgehead atoms. The van der Waals surface area contributed by atoms with E-state index in [2.05, 4.69) is 4.99 Å². The number of hydrogen-bond donors (Lipinski definition) is 0. The normalized spacial score (nSPS) is 16.4. The number of carbonyl (C=O) groups excluding carboxylic acids is 1. The number of hydrogen-bond acceptors (Lipinski definition) is 3. The van der Waals surface area contributed by atoms with E-state index in [1.54, 1.807) is 13.2 Å². The smallest absolute Gasteiger partial charge is 0.235 e. The van der Waals surface area contributed by atoms with E-state index in [0.717, 1.165) is 35.3 Å². The molecule has 0 radical (unpaired) electrons. The Balaban J connectivity index is 2.52. The molecule has 16 heavy (non-hydrogen) atoms. The van der Waals surface area contributed by atoms with Crippen molar-refractivity contribution < 1.29 is 9.53 Å². The Labute approximate surface area is 95.2 Å². The van der Waals surface area contributed by atoms with Crippen LogP contribution in [0.5, 0.6) is 5.75 Å². The molecule has 0 unspecified atom stereocenters. The van der Waals surface area contributed by atoms with Crippen molar-refractivity contribution in [3.8, 4) is 5.75 Å². The van der Waals surface area contributed by atoms with E-state index in [1.165, 1.54) is 0 Å². The van der Waals surface area contributed by atoms with Crippen LogP contribution < -0.4 is 4.74 Å². The molecule has 2 rings (SSSR count). The van der Waals surface area contributed by atoms with E-state index >= 15 is 0 Å². The minimum Gasteiger partial charge on any atom is -0.496 e. The Kier molecular flexibility index (Phi) is 2.56. The zero-order chi connectivity index (χ0) is 11.8. The van der Waals surface area contributed by atoms with Crippen LogP contribution in [0.1, 0.15) is 29.5 Å². The van der Waals surface area contributed by atoms with Crippen molar-refractivity contribution in [2.75, 3.05) is 7.11 Å². The van der Waals surface area contributed by atoms with Gasteiger partial charge in [-0.3, -0.25) is 0 Å². The van der Waals surface area contributed by atoms with E-state index in [1.807, 2.05) is 26.0 Å². The Morgan fingerprint density at radius 2 is 2.00 bits per heavy atom. The molecule has 84 valence electrons. The highest BCUT2D eigenvalue weighted by molar-refractivity contribution is 5.50. The van der Waals surface area contributed by atoms with Gasteiger partial charge in [-0.05, 0) is 49.4 Å². The second-order valence-corrected chi connectivity index (χ2v) is 4.30. The van der Waals surface area contributed by atoms with Crippen molar-refractivity contribution in [1.29, 1.82) is 0 Å². The summed E-state index contributed by atoms with van der Waals surface area (Å²) in [4.78, 5) is 14.4. The number of methoxy groups -OCH3 is 1. The van der Waals surface area contributed by atoms with Crippen molar-refractivity contribution in [1.82, 2.24) is 0 Å². The lowest BCUT2D eigenvalue weighted by atomic mass is 9.95. The largest absolute Gasteiger partial charge is 0.496 e. The SMILES string of the molecule is COc1ccc(C2(N=C=O)CC2)c(C)c1C. The summed E-state index contributed by atoms with van der Waals surface area (Å²) >= 11 is 0. The fourth-order valence-electron chi connectivity index (χ4n) is 2.17. The molecule has 1 aromatic rings. The van der Waals surface area contributed by atoms with Gasteiger partial charge < -0.3 is 4.74 Å². The van der Waals surface area contributed by atoms with Crippen LogP contribution in [-0.4, -0.2) is 13.2 Å². The quantitative estimate of drug-likeness (QED) is 0.576. The topological polar surface area (TPSA) is 38.7 Å². The summed E-state index contributed by atoms with van der Waals surface area (Å²) < 4.78 is 5.27. The van der Waals surface area contributed by atoms with E-state index < -0.39 is 0 Å². The van der Waals surface area contributed by atoms with Crippen molar-refractivity contribution >= 4 is 6.08 Å². The molecule has 3 nitrogen and oxygen atoms in total. The predicted octanol–water partition coefficient (Wildman–Crippen LogP) is 2.64. The maximum absolute atomic E-state index is 10.4. The molecular formula is C13H15NO2. The zero-order valence-electron chi connectivity index (χ0n) is 9.83. The number of nitrogens with zero attached hydrogens (tertiary/aromatic N) is 1. The molecule has 0 saturated heterocycles. The van der Waals surface area contributed by atoms with Crippen LogP contribution in [-0.2, 0) is 10.3 Å². The van der Waals surface area contributed by atoms with Crippen LogP contribution in [0.15, 0.2) is 17.1 Å². The predicted molar refractivity (Wildman–Crippen MR) is 61.5 cm³/mol. The molecule has 1 aromatic carbocycles. The molecule has 0 N–H and O–H groups in total. The Hall–Kier alpha value is -1.60. The fraction of sp³-hybridized carbons (Fsp3) is 0.462. The van der Waals surface area contributed by atoms with Crippen LogP contribution in [0.2, 0.25) is 0 Å². The Morgan fingerprint density at radius 1 is 1.31 bits per heavy atom.